The Morgan fingerprint density at radius 1 is 1.29 bits per heavy atom. The fourth-order valence-corrected chi connectivity index (χ4v) is 3.45. The number of nitrogens with zero attached hydrogens (tertiary/aromatic N) is 3. The number of alkyl halides is 1. The molecule has 0 aliphatic rings. The zero-order valence-corrected chi connectivity index (χ0v) is 14.0. The predicted octanol–water partition coefficient (Wildman–Crippen LogP) is 4.65. The molecule has 0 bridgehead atoms. The van der Waals surface area contributed by atoms with E-state index in [1.807, 2.05) is 13.8 Å². The number of rotatable bonds is 4. The van der Waals surface area contributed by atoms with E-state index in [4.69, 9.17) is 11.6 Å². The highest BCUT2D eigenvalue weighted by molar-refractivity contribution is 7.09. The van der Waals surface area contributed by atoms with Crippen LogP contribution in [0.15, 0.2) is 23.6 Å². The molecule has 2 heterocycles. The van der Waals surface area contributed by atoms with E-state index >= 15 is 0 Å². The van der Waals surface area contributed by atoms with Crippen LogP contribution in [0.1, 0.15) is 34.4 Å². The highest BCUT2D eigenvalue weighted by atomic mass is 35.5. The van der Waals surface area contributed by atoms with Crippen LogP contribution in [-0.4, -0.2) is 14.5 Å². The number of aryl methyl sites for hydroxylation is 4. The second kappa shape index (κ2) is 5.78. The summed E-state index contributed by atoms with van der Waals surface area (Å²) in [4.78, 5) is 9.22. The van der Waals surface area contributed by atoms with Crippen LogP contribution >= 0.6 is 22.9 Å². The number of halogens is 1. The van der Waals surface area contributed by atoms with Crippen molar-refractivity contribution in [3.05, 3.63) is 45.7 Å². The summed E-state index contributed by atoms with van der Waals surface area (Å²) < 4.78 is 2.23. The lowest BCUT2D eigenvalue weighted by molar-refractivity contribution is 0.665. The maximum atomic E-state index is 6.31. The standard InChI is InChI=1S/C16H18ClN3S/c1-10-4-5-13-14(8-10)20(16(19-13)12(3)17)7-6-15-18-11(2)9-21-15/h4-5,8-9,12H,6-7H2,1-3H3. The van der Waals surface area contributed by atoms with E-state index in [-0.39, 0.29) is 5.38 Å². The highest BCUT2D eigenvalue weighted by Crippen LogP contribution is 2.26. The number of hydrogen-bond donors (Lipinski definition) is 0. The van der Waals surface area contributed by atoms with Gasteiger partial charge in [-0.2, -0.15) is 0 Å². The van der Waals surface area contributed by atoms with Gasteiger partial charge >= 0.3 is 0 Å². The van der Waals surface area contributed by atoms with Crippen molar-refractivity contribution < 1.29 is 0 Å². The maximum absolute atomic E-state index is 6.31. The van der Waals surface area contributed by atoms with Gasteiger partial charge in [-0.3, -0.25) is 0 Å². The molecule has 0 saturated heterocycles. The minimum absolute atomic E-state index is 0.101. The fourth-order valence-electron chi connectivity index (χ4n) is 2.52. The van der Waals surface area contributed by atoms with Crippen molar-refractivity contribution in [2.45, 2.75) is 39.1 Å². The summed E-state index contributed by atoms with van der Waals surface area (Å²) in [6.45, 7) is 6.96. The van der Waals surface area contributed by atoms with Gasteiger partial charge in [0.15, 0.2) is 0 Å². The lowest BCUT2D eigenvalue weighted by Crippen LogP contribution is -2.07. The van der Waals surface area contributed by atoms with Gasteiger partial charge in [0.05, 0.1) is 21.4 Å². The van der Waals surface area contributed by atoms with E-state index in [0.29, 0.717) is 0 Å². The van der Waals surface area contributed by atoms with Crippen molar-refractivity contribution in [2.75, 3.05) is 0 Å². The molecular weight excluding hydrogens is 302 g/mol. The van der Waals surface area contributed by atoms with Crippen LogP contribution < -0.4 is 0 Å². The van der Waals surface area contributed by atoms with Crippen molar-refractivity contribution >= 4 is 34.0 Å². The molecule has 0 N–H and O–H groups in total. The number of hydrogen-bond acceptors (Lipinski definition) is 3. The Balaban J connectivity index is 1.98. The van der Waals surface area contributed by atoms with Crippen LogP contribution in [0.25, 0.3) is 11.0 Å². The molecule has 0 aliphatic carbocycles. The molecule has 3 nitrogen and oxygen atoms in total. The zero-order valence-electron chi connectivity index (χ0n) is 12.4. The van der Waals surface area contributed by atoms with Crippen LogP contribution in [0.3, 0.4) is 0 Å². The van der Waals surface area contributed by atoms with Crippen LogP contribution in [0.5, 0.6) is 0 Å². The number of fused-ring (bicyclic) bond motifs is 1. The van der Waals surface area contributed by atoms with Gasteiger partial charge in [-0.1, -0.05) is 6.07 Å². The summed E-state index contributed by atoms with van der Waals surface area (Å²) in [5.74, 6) is 0.936. The molecule has 3 rings (SSSR count). The van der Waals surface area contributed by atoms with Crippen LogP contribution in [0.4, 0.5) is 0 Å². The van der Waals surface area contributed by atoms with Crippen molar-refractivity contribution in [3.63, 3.8) is 0 Å². The Morgan fingerprint density at radius 2 is 2.10 bits per heavy atom. The molecule has 3 aromatic rings. The van der Waals surface area contributed by atoms with Crippen molar-refractivity contribution in [1.82, 2.24) is 14.5 Å². The monoisotopic (exact) mass is 319 g/mol. The molecule has 1 unspecified atom stereocenters. The third-order valence-corrected chi connectivity index (χ3v) is 4.73. The van der Waals surface area contributed by atoms with Crippen molar-refractivity contribution in [3.8, 4) is 0 Å². The molecule has 0 radical (unpaired) electrons. The first-order chi connectivity index (χ1) is 10.0. The van der Waals surface area contributed by atoms with E-state index < -0.39 is 0 Å². The van der Waals surface area contributed by atoms with Gasteiger partial charge in [0.2, 0.25) is 0 Å². The number of benzene rings is 1. The van der Waals surface area contributed by atoms with Gasteiger partial charge in [0, 0.05) is 24.0 Å². The number of thiazole rings is 1. The molecule has 0 fully saturated rings. The smallest absolute Gasteiger partial charge is 0.127 e. The van der Waals surface area contributed by atoms with Crippen LogP contribution in [-0.2, 0) is 13.0 Å². The molecular formula is C16H18ClN3S. The Morgan fingerprint density at radius 3 is 2.76 bits per heavy atom. The molecule has 1 aromatic carbocycles. The van der Waals surface area contributed by atoms with Gasteiger partial charge in [-0.25, -0.2) is 9.97 Å². The summed E-state index contributed by atoms with van der Waals surface area (Å²) in [5.41, 5.74) is 4.50. The van der Waals surface area contributed by atoms with Gasteiger partial charge in [-0.05, 0) is 38.5 Å². The molecule has 21 heavy (non-hydrogen) atoms. The molecule has 0 spiro atoms. The second-order valence-electron chi connectivity index (χ2n) is 5.36. The topological polar surface area (TPSA) is 30.7 Å². The zero-order chi connectivity index (χ0) is 15.0. The fraction of sp³-hybridized carbons (Fsp3) is 0.375. The highest BCUT2D eigenvalue weighted by Gasteiger charge is 2.15. The third-order valence-electron chi connectivity index (χ3n) is 3.50. The Bertz CT molecular complexity index is 773. The Kier molecular flexibility index (Phi) is 4.00. The minimum atomic E-state index is -0.101. The Hall–Kier alpha value is -1.39. The summed E-state index contributed by atoms with van der Waals surface area (Å²) >= 11 is 8.03. The molecule has 0 aliphatic heterocycles. The third kappa shape index (κ3) is 2.97. The summed E-state index contributed by atoms with van der Waals surface area (Å²) in [7, 11) is 0. The normalized spacial score (nSPS) is 13.0. The number of aromatic nitrogens is 3. The number of imidazole rings is 1. The molecule has 1 atom stereocenters. The summed E-state index contributed by atoms with van der Waals surface area (Å²) in [6, 6.07) is 6.34. The molecule has 2 aromatic heterocycles. The van der Waals surface area contributed by atoms with Gasteiger partial charge in [0.1, 0.15) is 5.82 Å². The van der Waals surface area contributed by atoms with E-state index in [0.717, 1.165) is 40.5 Å². The lowest BCUT2D eigenvalue weighted by atomic mass is 10.2. The quantitative estimate of drug-likeness (QED) is 0.655. The van der Waals surface area contributed by atoms with E-state index in [1.54, 1.807) is 11.3 Å². The van der Waals surface area contributed by atoms with E-state index in [2.05, 4.69) is 45.0 Å². The average molecular weight is 320 g/mol. The van der Waals surface area contributed by atoms with E-state index in [1.165, 1.54) is 5.56 Å². The van der Waals surface area contributed by atoms with Gasteiger partial charge < -0.3 is 4.57 Å². The molecule has 0 amide bonds. The maximum Gasteiger partial charge on any atom is 0.127 e. The van der Waals surface area contributed by atoms with Crippen molar-refractivity contribution in [1.29, 1.82) is 0 Å². The summed E-state index contributed by atoms with van der Waals surface area (Å²) in [6.07, 6.45) is 0.911. The second-order valence-corrected chi connectivity index (χ2v) is 6.96. The predicted molar refractivity (Wildman–Crippen MR) is 89.3 cm³/mol. The van der Waals surface area contributed by atoms with Crippen LogP contribution in [0, 0.1) is 13.8 Å². The first-order valence-electron chi connectivity index (χ1n) is 7.06. The molecule has 110 valence electrons. The first kappa shape index (κ1) is 14.5. The first-order valence-corrected chi connectivity index (χ1v) is 8.38. The Labute approximate surface area is 133 Å². The largest absolute Gasteiger partial charge is 0.326 e. The SMILES string of the molecule is Cc1ccc2nc(C(C)Cl)n(CCc3nc(C)cs3)c2c1. The summed E-state index contributed by atoms with van der Waals surface area (Å²) in [5, 5.41) is 3.15. The lowest BCUT2D eigenvalue weighted by Gasteiger charge is -2.09. The van der Waals surface area contributed by atoms with Gasteiger partial charge in [0.25, 0.3) is 0 Å². The average Bonchev–Trinajstić information content (AvgIpc) is 3.00. The van der Waals surface area contributed by atoms with Crippen molar-refractivity contribution in [2.24, 2.45) is 0 Å². The van der Waals surface area contributed by atoms with Crippen LogP contribution in [0.2, 0.25) is 0 Å². The molecule has 5 heteroatoms. The van der Waals surface area contributed by atoms with E-state index in [9.17, 15) is 0 Å². The van der Waals surface area contributed by atoms with Gasteiger partial charge in [-0.15, -0.1) is 22.9 Å². The minimum Gasteiger partial charge on any atom is -0.326 e. The molecule has 0 saturated carbocycles.